The first kappa shape index (κ1) is 9.70. The Morgan fingerprint density at radius 2 is 1.85 bits per heavy atom. The Morgan fingerprint density at radius 1 is 1.31 bits per heavy atom. The zero-order valence-electron chi connectivity index (χ0n) is 7.76. The van der Waals surface area contributed by atoms with E-state index >= 15 is 0 Å². The number of hydrogen-bond acceptors (Lipinski definition) is 3. The SMILES string of the molecule is CCCC1C(=O)NC(=NC)NC1=O. The maximum Gasteiger partial charge on any atom is 0.239 e. The monoisotopic (exact) mass is 183 g/mol. The number of nitrogens with zero attached hydrogens (tertiary/aromatic N) is 1. The highest BCUT2D eigenvalue weighted by atomic mass is 16.2. The molecule has 1 aliphatic rings. The van der Waals surface area contributed by atoms with Gasteiger partial charge in [0.1, 0.15) is 5.92 Å². The molecule has 0 aromatic rings. The third-order valence-electron chi connectivity index (χ3n) is 1.92. The molecule has 0 saturated carbocycles. The Hall–Kier alpha value is -1.39. The Labute approximate surface area is 76.6 Å². The number of nitrogens with one attached hydrogen (secondary N) is 2. The highest BCUT2D eigenvalue weighted by molar-refractivity contribution is 6.17. The molecule has 0 unspecified atom stereocenters. The van der Waals surface area contributed by atoms with Crippen molar-refractivity contribution >= 4 is 17.8 Å². The summed E-state index contributed by atoms with van der Waals surface area (Å²) in [7, 11) is 1.51. The zero-order valence-corrected chi connectivity index (χ0v) is 7.76. The summed E-state index contributed by atoms with van der Waals surface area (Å²) in [5, 5.41) is 5.02. The first-order chi connectivity index (χ1) is 6.19. The average Bonchev–Trinajstić information content (AvgIpc) is 2.11. The van der Waals surface area contributed by atoms with Crippen molar-refractivity contribution in [3.8, 4) is 0 Å². The van der Waals surface area contributed by atoms with E-state index in [-0.39, 0.29) is 17.8 Å². The second kappa shape index (κ2) is 4.02. The summed E-state index contributed by atoms with van der Waals surface area (Å²) in [5.74, 6) is -0.838. The maximum absolute atomic E-state index is 11.3. The fourth-order valence-electron chi connectivity index (χ4n) is 1.22. The summed E-state index contributed by atoms with van der Waals surface area (Å²) >= 11 is 0. The minimum atomic E-state index is -0.560. The molecule has 2 N–H and O–H groups in total. The standard InChI is InChI=1S/C8H13N3O2/c1-3-4-5-6(12)10-8(9-2)11-7(5)13/h5H,3-4H2,1-2H3,(H2,9,10,11,12,13). The molecular formula is C8H13N3O2. The van der Waals surface area contributed by atoms with Gasteiger partial charge in [-0.2, -0.15) is 0 Å². The van der Waals surface area contributed by atoms with Crippen LogP contribution in [0.25, 0.3) is 0 Å². The Balaban J connectivity index is 2.70. The molecule has 1 heterocycles. The van der Waals surface area contributed by atoms with Crippen molar-refractivity contribution in [1.82, 2.24) is 10.6 Å². The van der Waals surface area contributed by atoms with Crippen LogP contribution in [0.1, 0.15) is 19.8 Å². The number of aliphatic imine (C=N–C) groups is 1. The average molecular weight is 183 g/mol. The van der Waals surface area contributed by atoms with Crippen LogP contribution in [-0.4, -0.2) is 24.8 Å². The van der Waals surface area contributed by atoms with Crippen LogP contribution >= 0.6 is 0 Å². The number of rotatable bonds is 2. The smallest absolute Gasteiger partial charge is 0.239 e. The van der Waals surface area contributed by atoms with Gasteiger partial charge in [-0.3, -0.25) is 25.2 Å². The molecule has 1 rings (SSSR count). The molecule has 2 amide bonds. The number of guanidine groups is 1. The largest absolute Gasteiger partial charge is 0.296 e. The lowest BCUT2D eigenvalue weighted by molar-refractivity contribution is -0.135. The van der Waals surface area contributed by atoms with E-state index in [2.05, 4.69) is 15.6 Å². The quantitative estimate of drug-likeness (QED) is 0.574. The van der Waals surface area contributed by atoms with Gasteiger partial charge in [-0.1, -0.05) is 13.3 Å². The van der Waals surface area contributed by atoms with Crippen molar-refractivity contribution in [2.45, 2.75) is 19.8 Å². The first-order valence-electron chi connectivity index (χ1n) is 4.27. The van der Waals surface area contributed by atoms with Gasteiger partial charge in [0.2, 0.25) is 17.8 Å². The summed E-state index contributed by atoms with van der Waals surface area (Å²) in [5.41, 5.74) is 0. The van der Waals surface area contributed by atoms with Crippen LogP contribution in [0, 0.1) is 5.92 Å². The zero-order chi connectivity index (χ0) is 9.84. The second-order valence-corrected chi connectivity index (χ2v) is 2.89. The Morgan fingerprint density at radius 3 is 2.23 bits per heavy atom. The summed E-state index contributed by atoms with van der Waals surface area (Å²) < 4.78 is 0. The normalized spacial score (nSPS) is 22.3. The van der Waals surface area contributed by atoms with E-state index in [1.807, 2.05) is 6.92 Å². The summed E-state index contributed by atoms with van der Waals surface area (Å²) in [4.78, 5) is 26.3. The minimum Gasteiger partial charge on any atom is -0.296 e. The third kappa shape index (κ3) is 2.05. The number of carbonyl (C=O) groups is 2. The topological polar surface area (TPSA) is 70.6 Å². The molecule has 1 fully saturated rings. The van der Waals surface area contributed by atoms with E-state index in [0.717, 1.165) is 6.42 Å². The summed E-state index contributed by atoms with van der Waals surface area (Å²) in [6.07, 6.45) is 1.39. The lowest BCUT2D eigenvalue weighted by Crippen LogP contribution is -2.56. The summed E-state index contributed by atoms with van der Waals surface area (Å²) in [6, 6.07) is 0. The van der Waals surface area contributed by atoms with Crippen LogP contribution in [0.15, 0.2) is 4.99 Å². The molecule has 72 valence electrons. The Bertz CT molecular complexity index is 240. The van der Waals surface area contributed by atoms with Crippen molar-refractivity contribution < 1.29 is 9.59 Å². The molecule has 0 aromatic heterocycles. The Kier molecular flexibility index (Phi) is 3.00. The van der Waals surface area contributed by atoms with Gasteiger partial charge >= 0.3 is 0 Å². The maximum atomic E-state index is 11.3. The number of hydrogen-bond donors (Lipinski definition) is 2. The van der Waals surface area contributed by atoms with E-state index in [4.69, 9.17) is 0 Å². The van der Waals surface area contributed by atoms with E-state index in [0.29, 0.717) is 6.42 Å². The van der Waals surface area contributed by atoms with Crippen molar-refractivity contribution in [1.29, 1.82) is 0 Å². The lowest BCUT2D eigenvalue weighted by Gasteiger charge is -2.22. The van der Waals surface area contributed by atoms with E-state index in [9.17, 15) is 9.59 Å². The summed E-state index contributed by atoms with van der Waals surface area (Å²) in [6.45, 7) is 1.93. The third-order valence-corrected chi connectivity index (χ3v) is 1.92. The second-order valence-electron chi connectivity index (χ2n) is 2.89. The van der Waals surface area contributed by atoms with E-state index in [1.165, 1.54) is 7.05 Å². The van der Waals surface area contributed by atoms with E-state index < -0.39 is 5.92 Å². The molecule has 0 bridgehead atoms. The molecule has 0 atom stereocenters. The van der Waals surface area contributed by atoms with Crippen LogP contribution < -0.4 is 10.6 Å². The first-order valence-corrected chi connectivity index (χ1v) is 4.27. The number of amides is 2. The van der Waals surface area contributed by atoms with Crippen LogP contribution in [0.3, 0.4) is 0 Å². The predicted octanol–water partition coefficient (Wildman–Crippen LogP) is -0.366. The van der Waals surface area contributed by atoms with Gasteiger partial charge in [-0.05, 0) is 6.42 Å². The van der Waals surface area contributed by atoms with Gasteiger partial charge < -0.3 is 0 Å². The van der Waals surface area contributed by atoms with Gasteiger partial charge in [-0.15, -0.1) is 0 Å². The highest BCUT2D eigenvalue weighted by Gasteiger charge is 2.31. The molecule has 5 nitrogen and oxygen atoms in total. The van der Waals surface area contributed by atoms with Crippen molar-refractivity contribution in [2.24, 2.45) is 10.9 Å². The molecule has 5 heteroatoms. The lowest BCUT2D eigenvalue weighted by atomic mass is 10.0. The van der Waals surface area contributed by atoms with Crippen LogP contribution in [0.5, 0.6) is 0 Å². The van der Waals surface area contributed by atoms with Crippen LogP contribution in [0.2, 0.25) is 0 Å². The van der Waals surface area contributed by atoms with Crippen LogP contribution in [-0.2, 0) is 9.59 Å². The van der Waals surface area contributed by atoms with Gasteiger partial charge in [0.15, 0.2) is 0 Å². The van der Waals surface area contributed by atoms with Crippen molar-refractivity contribution in [3.63, 3.8) is 0 Å². The predicted molar refractivity (Wildman–Crippen MR) is 48.0 cm³/mol. The minimum absolute atomic E-state index is 0.238. The van der Waals surface area contributed by atoms with Gasteiger partial charge in [0, 0.05) is 7.05 Å². The molecule has 1 aliphatic heterocycles. The molecule has 0 aliphatic carbocycles. The van der Waals surface area contributed by atoms with Crippen LogP contribution in [0.4, 0.5) is 0 Å². The number of carbonyl (C=O) groups excluding carboxylic acids is 2. The van der Waals surface area contributed by atoms with Gasteiger partial charge in [0.25, 0.3) is 0 Å². The molecule has 0 spiro atoms. The molecule has 0 radical (unpaired) electrons. The molecule has 1 saturated heterocycles. The van der Waals surface area contributed by atoms with Gasteiger partial charge in [0.05, 0.1) is 0 Å². The van der Waals surface area contributed by atoms with Crippen molar-refractivity contribution in [3.05, 3.63) is 0 Å². The fraction of sp³-hybridized carbons (Fsp3) is 0.625. The molecular weight excluding hydrogens is 170 g/mol. The van der Waals surface area contributed by atoms with E-state index in [1.54, 1.807) is 0 Å². The van der Waals surface area contributed by atoms with Gasteiger partial charge in [-0.25, -0.2) is 0 Å². The van der Waals surface area contributed by atoms with Crippen molar-refractivity contribution in [2.75, 3.05) is 7.05 Å². The molecule has 13 heavy (non-hydrogen) atoms. The fourth-order valence-corrected chi connectivity index (χ4v) is 1.22. The molecule has 0 aromatic carbocycles. The highest BCUT2D eigenvalue weighted by Crippen LogP contribution is 2.09.